The molecule has 0 aromatic carbocycles. The van der Waals surface area contributed by atoms with Crippen LogP contribution < -0.4 is 0 Å². The molecule has 3 heterocycles. The number of carbonyl (C=O) groups is 2. The quantitative estimate of drug-likeness (QED) is 0.878. The third kappa shape index (κ3) is 4.54. The summed E-state index contributed by atoms with van der Waals surface area (Å²) in [7, 11) is 0. The van der Waals surface area contributed by atoms with Crippen molar-refractivity contribution < 1.29 is 14.7 Å². The Balaban J connectivity index is 1.57. The summed E-state index contributed by atoms with van der Waals surface area (Å²) in [5, 5.41) is 17.9. The number of aliphatic hydroxyl groups excluding tert-OH is 1. The Morgan fingerprint density at radius 2 is 1.88 bits per heavy atom. The first-order chi connectivity index (χ1) is 12.0. The zero-order chi connectivity index (χ0) is 17.8. The van der Waals surface area contributed by atoms with Crippen molar-refractivity contribution in [2.75, 3.05) is 26.2 Å². The Hall–Kier alpha value is -2.02. The molecule has 136 valence electrons. The van der Waals surface area contributed by atoms with Crippen LogP contribution in [0.3, 0.4) is 0 Å². The van der Waals surface area contributed by atoms with E-state index >= 15 is 0 Å². The molecule has 7 nitrogen and oxygen atoms in total. The minimum atomic E-state index is -0.303. The molecule has 0 bridgehead atoms. The van der Waals surface area contributed by atoms with Gasteiger partial charge in [0, 0.05) is 33.1 Å². The molecule has 1 N–H and O–H groups in total. The van der Waals surface area contributed by atoms with Crippen molar-refractivity contribution in [1.29, 1.82) is 0 Å². The Bertz CT molecular complexity index is 611. The van der Waals surface area contributed by atoms with Crippen molar-refractivity contribution in [3.05, 3.63) is 23.5 Å². The topological polar surface area (TPSA) is 86.6 Å². The average molecular weight is 346 g/mol. The molecule has 1 atom stereocenters. The van der Waals surface area contributed by atoms with Crippen LogP contribution in [0.25, 0.3) is 0 Å². The standard InChI is InChI=1S/C18H26N4O3/c1-13(23)22-8-2-3-14(12-22)11-15-4-5-17(20-19-15)18(25)21-9-6-16(24)7-10-21/h4-5,14,16,24H,2-3,6-12H2,1H3/t14-/m0/s1. The van der Waals surface area contributed by atoms with E-state index in [4.69, 9.17) is 0 Å². The number of carbonyl (C=O) groups excluding carboxylic acids is 2. The van der Waals surface area contributed by atoms with E-state index in [1.807, 2.05) is 11.0 Å². The molecule has 2 aliphatic heterocycles. The Labute approximate surface area is 148 Å². The highest BCUT2D eigenvalue weighted by molar-refractivity contribution is 5.92. The maximum absolute atomic E-state index is 12.4. The van der Waals surface area contributed by atoms with Crippen LogP contribution in [0.4, 0.5) is 0 Å². The molecule has 0 unspecified atom stereocenters. The molecule has 0 radical (unpaired) electrons. The highest BCUT2D eigenvalue weighted by Gasteiger charge is 2.24. The molecular weight excluding hydrogens is 320 g/mol. The predicted molar refractivity (Wildman–Crippen MR) is 91.9 cm³/mol. The van der Waals surface area contributed by atoms with E-state index in [1.165, 1.54) is 0 Å². The summed E-state index contributed by atoms with van der Waals surface area (Å²) in [6.07, 6.45) is 3.82. The molecule has 25 heavy (non-hydrogen) atoms. The normalized spacial score (nSPS) is 22.1. The SMILES string of the molecule is CC(=O)N1CCC[C@@H](Cc2ccc(C(=O)N3CCC(O)CC3)nn2)C1. The Kier molecular flexibility index (Phi) is 5.63. The second-order valence-corrected chi connectivity index (χ2v) is 7.11. The lowest BCUT2D eigenvalue weighted by molar-refractivity contribution is -0.130. The van der Waals surface area contributed by atoms with Gasteiger partial charge in [0.05, 0.1) is 11.8 Å². The molecule has 7 heteroatoms. The van der Waals surface area contributed by atoms with Crippen molar-refractivity contribution in [1.82, 2.24) is 20.0 Å². The van der Waals surface area contributed by atoms with Crippen LogP contribution in [0, 0.1) is 5.92 Å². The first-order valence-corrected chi connectivity index (χ1v) is 9.08. The third-order valence-corrected chi connectivity index (χ3v) is 5.15. The summed E-state index contributed by atoms with van der Waals surface area (Å²) in [6.45, 7) is 4.35. The number of piperidine rings is 2. The molecule has 2 saturated heterocycles. The van der Waals surface area contributed by atoms with Crippen LogP contribution in [0.2, 0.25) is 0 Å². The molecule has 0 aliphatic carbocycles. The van der Waals surface area contributed by atoms with Gasteiger partial charge in [0.15, 0.2) is 5.69 Å². The maximum Gasteiger partial charge on any atom is 0.274 e. The van der Waals surface area contributed by atoms with Crippen LogP contribution >= 0.6 is 0 Å². The van der Waals surface area contributed by atoms with Crippen LogP contribution in [-0.2, 0) is 11.2 Å². The van der Waals surface area contributed by atoms with E-state index in [0.29, 0.717) is 37.5 Å². The second kappa shape index (κ2) is 7.91. The number of likely N-dealkylation sites (tertiary alicyclic amines) is 2. The van der Waals surface area contributed by atoms with Crippen LogP contribution in [0.5, 0.6) is 0 Å². The molecule has 1 aromatic rings. The number of amides is 2. The minimum absolute atomic E-state index is 0.119. The van der Waals surface area contributed by atoms with Crippen LogP contribution in [-0.4, -0.2) is 69.2 Å². The summed E-state index contributed by atoms with van der Waals surface area (Å²) in [4.78, 5) is 27.6. The molecule has 2 aliphatic rings. The van der Waals surface area contributed by atoms with Gasteiger partial charge in [-0.1, -0.05) is 0 Å². The van der Waals surface area contributed by atoms with Gasteiger partial charge < -0.3 is 14.9 Å². The third-order valence-electron chi connectivity index (χ3n) is 5.15. The molecule has 0 spiro atoms. The van der Waals surface area contributed by atoms with Gasteiger partial charge >= 0.3 is 0 Å². The molecule has 2 fully saturated rings. The maximum atomic E-state index is 12.4. The number of aliphatic hydroxyl groups is 1. The van der Waals surface area contributed by atoms with Gasteiger partial charge in [-0.15, -0.1) is 5.10 Å². The zero-order valence-electron chi connectivity index (χ0n) is 14.7. The second-order valence-electron chi connectivity index (χ2n) is 7.11. The van der Waals surface area contributed by atoms with Gasteiger partial charge in [-0.05, 0) is 50.2 Å². The van der Waals surface area contributed by atoms with Crippen molar-refractivity contribution in [2.24, 2.45) is 5.92 Å². The summed E-state index contributed by atoms with van der Waals surface area (Å²) < 4.78 is 0. The molecule has 3 rings (SSSR count). The summed E-state index contributed by atoms with van der Waals surface area (Å²) in [5.74, 6) is 0.409. The Morgan fingerprint density at radius 1 is 1.12 bits per heavy atom. The number of aromatic nitrogens is 2. The summed E-state index contributed by atoms with van der Waals surface area (Å²) in [5.41, 5.74) is 1.22. The fourth-order valence-corrected chi connectivity index (χ4v) is 3.63. The average Bonchev–Trinajstić information content (AvgIpc) is 2.63. The van der Waals surface area contributed by atoms with Gasteiger partial charge in [0.25, 0.3) is 5.91 Å². The van der Waals surface area contributed by atoms with Crippen molar-refractivity contribution in [3.63, 3.8) is 0 Å². The van der Waals surface area contributed by atoms with Gasteiger partial charge in [-0.25, -0.2) is 0 Å². The van der Waals surface area contributed by atoms with Gasteiger partial charge in [-0.3, -0.25) is 9.59 Å². The molecule has 0 saturated carbocycles. The van der Waals surface area contributed by atoms with E-state index in [-0.39, 0.29) is 17.9 Å². The number of nitrogens with zero attached hydrogens (tertiary/aromatic N) is 4. The van der Waals surface area contributed by atoms with Crippen molar-refractivity contribution in [2.45, 2.75) is 45.1 Å². The fourth-order valence-electron chi connectivity index (χ4n) is 3.63. The van der Waals surface area contributed by atoms with E-state index in [2.05, 4.69) is 10.2 Å². The predicted octanol–water partition coefficient (Wildman–Crippen LogP) is 0.874. The lowest BCUT2D eigenvalue weighted by Crippen LogP contribution is -2.40. The van der Waals surface area contributed by atoms with Gasteiger partial charge in [-0.2, -0.15) is 5.10 Å². The van der Waals surface area contributed by atoms with E-state index in [0.717, 1.165) is 38.0 Å². The van der Waals surface area contributed by atoms with Crippen LogP contribution in [0.1, 0.15) is 48.8 Å². The van der Waals surface area contributed by atoms with Crippen molar-refractivity contribution in [3.8, 4) is 0 Å². The lowest BCUT2D eigenvalue weighted by Gasteiger charge is -2.31. The van der Waals surface area contributed by atoms with E-state index in [9.17, 15) is 14.7 Å². The highest BCUT2D eigenvalue weighted by Crippen LogP contribution is 2.20. The summed E-state index contributed by atoms with van der Waals surface area (Å²) >= 11 is 0. The van der Waals surface area contributed by atoms with Crippen LogP contribution in [0.15, 0.2) is 12.1 Å². The monoisotopic (exact) mass is 346 g/mol. The largest absolute Gasteiger partial charge is 0.393 e. The van der Waals surface area contributed by atoms with E-state index in [1.54, 1.807) is 17.9 Å². The van der Waals surface area contributed by atoms with Crippen molar-refractivity contribution >= 4 is 11.8 Å². The number of hydrogen-bond donors (Lipinski definition) is 1. The molecule has 1 aromatic heterocycles. The fraction of sp³-hybridized carbons (Fsp3) is 0.667. The van der Waals surface area contributed by atoms with Gasteiger partial charge in [0.2, 0.25) is 5.91 Å². The Morgan fingerprint density at radius 3 is 2.52 bits per heavy atom. The smallest absolute Gasteiger partial charge is 0.274 e. The number of rotatable bonds is 3. The highest BCUT2D eigenvalue weighted by atomic mass is 16.3. The first-order valence-electron chi connectivity index (χ1n) is 9.08. The zero-order valence-corrected chi connectivity index (χ0v) is 14.7. The lowest BCUT2D eigenvalue weighted by atomic mass is 9.93. The molecule has 2 amide bonds. The number of hydrogen-bond acceptors (Lipinski definition) is 5. The van der Waals surface area contributed by atoms with Gasteiger partial charge in [0.1, 0.15) is 0 Å². The molecular formula is C18H26N4O3. The summed E-state index contributed by atoms with van der Waals surface area (Å²) in [6, 6.07) is 3.60. The first kappa shape index (κ1) is 17.8. The van der Waals surface area contributed by atoms with E-state index < -0.39 is 0 Å². The minimum Gasteiger partial charge on any atom is -0.393 e.